The third kappa shape index (κ3) is 3.39. The van der Waals surface area contributed by atoms with Crippen molar-refractivity contribution in [3.05, 3.63) is 33.8 Å². The largest absolute Gasteiger partial charge is 0.375 e. The summed E-state index contributed by atoms with van der Waals surface area (Å²) in [6.45, 7) is 0.816. The molecule has 2 N–H and O–H groups in total. The van der Waals surface area contributed by atoms with Crippen molar-refractivity contribution in [1.82, 2.24) is 0 Å². The molecule has 1 aliphatic heterocycles. The van der Waals surface area contributed by atoms with Gasteiger partial charge in [-0.3, -0.25) is 0 Å². The first-order valence-electron chi connectivity index (χ1n) is 7.94. The van der Waals surface area contributed by atoms with Gasteiger partial charge in [0.15, 0.2) is 0 Å². The molecule has 0 bridgehead atoms. The van der Waals surface area contributed by atoms with Crippen molar-refractivity contribution in [2.45, 2.75) is 56.6 Å². The SMILES string of the molecule is NC(c1cc(Cl)ccc1Cl)C1CCOC2(CCCCC2)C1. The van der Waals surface area contributed by atoms with Crippen molar-refractivity contribution in [3.8, 4) is 0 Å². The Labute approximate surface area is 136 Å². The molecule has 1 heterocycles. The zero-order valence-corrected chi connectivity index (χ0v) is 13.8. The van der Waals surface area contributed by atoms with Gasteiger partial charge in [0.2, 0.25) is 0 Å². The van der Waals surface area contributed by atoms with Crippen molar-refractivity contribution >= 4 is 23.2 Å². The third-order valence-electron chi connectivity index (χ3n) is 5.12. The van der Waals surface area contributed by atoms with Crippen LogP contribution in [0.4, 0.5) is 0 Å². The first-order valence-corrected chi connectivity index (χ1v) is 8.70. The Balaban J connectivity index is 1.77. The van der Waals surface area contributed by atoms with Gasteiger partial charge in [-0.25, -0.2) is 0 Å². The molecule has 2 nitrogen and oxygen atoms in total. The first kappa shape index (κ1) is 15.6. The smallest absolute Gasteiger partial charge is 0.0685 e. The van der Waals surface area contributed by atoms with Crippen LogP contribution in [0, 0.1) is 5.92 Å². The number of halogens is 2. The van der Waals surface area contributed by atoms with Crippen LogP contribution >= 0.6 is 23.2 Å². The van der Waals surface area contributed by atoms with Gasteiger partial charge in [0.1, 0.15) is 0 Å². The van der Waals surface area contributed by atoms with Gasteiger partial charge in [0.25, 0.3) is 0 Å². The summed E-state index contributed by atoms with van der Waals surface area (Å²) in [5.41, 5.74) is 7.58. The van der Waals surface area contributed by atoms with E-state index in [-0.39, 0.29) is 11.6 Å². The van der Waals surface area contributed by atoms with Crippen LogP contribution in [0.3, 0.4) is 0 Å². The molecule has 1 spiro atoms. The van der Waals surface area contributed by atoms with E-state index in [1.54, 1.807) is 0 Å². The molecule has 1 aromatic rings. The van der Waals surface area contributed by atoms with Crippen LogP contribution < -0.4 is 5.73 Å². The fourth-order valence-corrected chi connectivity index (χ4v) is 4.36. The monoisotopic (exact) mass is 327 g/mol. The molecular weight excluding hydrogens is 305 g/mol. The zero-order valence-electron chi connectivity index (χ0n) is 12.3. The van der Waals surface area contributed by atoms with Crippen molar-refractivity contribution in [2.75, 3.05) is 6.61 Å². The summed E-state index contributed by atoms with van der Waals surface area (Å²) in [6, 6.07) is 5.51. The van der Waals surface area contributed by atoms with Crippen LogP contribution in [-0.2, 0) is 4.74 Å². The highest BCUT2D eigenvalue weighted by atomic mass is 35.5. The Morgan fingerprint density at radius 1 is 1.19 bits per heavy atom. The highest BCUT2D eigenvalue weighted by Gasteiger charge is 2.40. The van der Waals surface area contributed by atoms with Gasteiger partial charge in [-0.2, -0.15) is 0 Å². The van der Waals surface area contributed by atoms with Gasteiger partial charge in [-0.1, -0.05) is 42.5 Å². The predicted molar refractivity (Wildman–Crippen MR) is 87.9 cm³/mol. The minimum Gasteiger partial charge on any atom is -0.375 e. The molecule has 116 valence electrons. The Morgan fingerprint density at radius 3 is 2.71 bits per heavy atom. The van der Waals surface area contributed by atoms with Crippen LogP contribution in [0.15, 0.2) is 18.2 Å². The van der Waals surface area contributed by atoms with E-state index in [2.05, 4.69) is 0 Å². The summed E-state index contributed by atoms with van der Waals surface area (Å²) in [6.07, 6.45) is 8.31. The molecule has 0 aromatic heterocycles. The number of nitrogens with two attached hydrogens (primary N) is 1. The number of hydrogen-bond donors (Lipinski definition) is 1. The fraction of sp³-hybridized carbons (Fsp3) is 0.647. The summed E-state index contributed by atoms with van der Waals surface area (Å²) in [5, 5.41) is 1.42. The van der Waals surface area contributed by atoms with E-state index in [0.717, 1.165) is 30.0 Å². The molecule has 2 fully saturated rings. The molecule has 21 heavy (non-hydrogen) atoms. The van der Waals surface area contributed by atoms with E-state index in [0.29, 0.717) is 10.9 Å². The topological polar surface area (TPSA) is 35.2 Å². The summed E-state index contributed by atoms with van der Waals surface area (Å²) in [5.74, 6) is 0.424. The van der Waals surface area contributed by atoms with E-state index >= 15 is 0 Å². The van der Waals surface area contributed by atoms with Crippen LogP contribution in [0.5, 0.6) is 0 Å². The molecule has 2 aliphatic rings. The summed E-state index contributed by atoms with van der Waals surface area (Å²) < 4.78 is 6.16. The lowest BCUT2D eigenvalue weighted by atomic mass is 9.73. The molecule has 1 saturated carbocycles. The summed E-state index contributed by atoms with van der Waals surface area (Å²) >= 11 is 12.4. The van der Waals surface area contributed by atoms with E-state index in [4.69, 9.17) is 33.7 Å². The van der Waals surface area contributed by atoms with Crippen molar-refractivity contribution in [3.63, 3.8) is 0 Å². The van der Waals surface area contributed by atoms with Crippen molar-refractivity contribution < 1.29 is 4.74 Å². The fourth-order valence-electron chi connectivity index (χ4n) is 3.94. The maximum atomic E-state index is 6.53. The zero-order chi connectivity index (χ0) is 14.9. The van der Waals surface area contributed by atoms with Crippen molar-refractivity contribution in [1.29, 1.82) is 0 Å². The lowest BCUT2D eigenvalue weighted by Gasteiger charge is -2.45. The van der Waals surface area contributed by atoms with E-state index in [1.807, 2.05) is 18.2 Å². The standard InChI is InChI=1S/C17H23Cl2NO/c18-13-4-5-15(19)14(10-13)16(20)12-6-9-21-17(11-12)7-2-1-3-8-17/h4-5,10,12,16H,1-3,6-9,11,20H2. The molecule has 0 amide bonds. The number of ether oxygens (including phenoxy) is 1. The second-order valence-electron chi connectivity index (χ2n) is 6.54. The summed E-state index contributed by atoms with van der Waals surface area (Å²) in [7, 11) is 0. The Hall–Kier alpha value is -0.280. The molecule has 0 radical (unpaired) electrons. The molecule has 2 atom stereocenters. The number of benzene rings is 1. The van der Waals surface area contributed by atoms with Gasteiger partial charge in [-0.15, -0.1) is 0 Å². The Bertz CT molecular complexity index is 494. The second-order valence-corrected chi connectivity index (χ2v) is 7.38. The van der Waals surface area contributed by atoms with Gasteiger partial charge in [0, 0.05) is 22.7 Å². The van der Waals surface area contributed by atoms with Crippen LogP contribution in [0.1, 0.15) is 56.6 Å². The maximum absolute atomic E-state index is 6.53. The minimum absolute atomic E-state index is 0.0566. The van der Waals surface area contributed by atoms with Crippen LogP contribution in [-0.4, -0.2) is 12.2 Å². The minimum atomic E-state index is -0.0566. The molecule has 3 rings (SSSR count). The van der Waals surface area contributed by atoms with E-state index < -0.39 is 0 Å². The molecule has 2 unspecified atom stereocenters. The lowest BCUT2D eigenvalue weighted by molar-refractivity contribution is -0.120. The molecule has 4 heteroatoms. The van der Waals surface area contributed by atoms with Crippen molar-refractivity contribution in [2.24, 2.45) is 11.7 Å². The highest BCUT2D eigenvalue weighted by molar-refractivity contribution is 6.33. The van der Waals surface area contributed by atoms with Gasteiger partial charge in [0.05, 0.1) is 5.60 Å². The number of rotatable bonds is 2. The molecule has 1 aromatic carbocycles. The van der Waals surface area contributed by atoms with Gasteiger partial charge in [-0.05, 0) is 55.4 Å². The highest BCUT2D eigenvalue weighted by Crippen LogP contribution is 2.44. The normalized spacial score (nSPS) is 26.7. The molecular formula is C17H23Cl2NO. The molecule has 1 saturated heterocycles. The van der Waals surface area contributed by atoms with E-state index in [1.165, 1.54) is 32.1 Å². The maximum Gasteiger partial charge on any atom is 0.0685 e. The van der Waals surface area contributed by atoms with Crippen LogP contribution in [0.25, 0.3) is 0 Å². The second kappa shape index (κ2) is 6.45. The van der Waals surface area contributed by atoms with E-state index in [9.17, 15) is 0 Å². The van der Waals surface area contributed by atoms with Gasteiger partial charge >= 0.3 is 0 Å². The summed E-state index contributed by atoms with van der Waals surface area (Å²) in [4.78, 5) is 0. The average molecular weight is 328 g/mol. The average Bonchev–Trinajstić information content (AvgIpc) is 2.50. The first-order chi connectivity index (χ1) is 10.1. The lowest BCUT2D eigenvalue weighted by Crippen LogP contribution is -2.44. The van der Waals surface area contributed by atoms with Gasteiger partial charge < -0.3 is 10.5 Å². The molecule has 1 aliphatic carbocycles. The number of hydrogen-bond acceptors (Lipinski definition) is 2. The quantitative estimate of drug-likeness (QED) is 0.817. The predicted octanol–water partition coefficient (Wildman–Crippen LogP) is 5.12. The Morgan fingerprint density at radius 2 is 1.95 bits per heavy atom. The Kier molecular flexibility index (Phi) is 4.80. The van der Waals surface area contributed by atoms with Crippen LogP contribution in [0.2, 0.25) is 10.0 Å². The third-order valence-corrected chi connectivity index (χ3v) is 5.70.